The number of benzene rings is 2. The molecule has 3 aromatic rings. The van der Waals surface area contributed by atoms with Crippen LogP contribution in [0.2, 0.25) is 0 Å². The van der Waals surface area contributed by atoms with E-state index in [9.17, 15) is 4.79 Å². The summed E-state index contributed by atoms with van der Waals surface area (Å²) in [5, 5.41) is 3.99. The number of nitrogens with zero attached hydrogens (tertiary/aromatic N) is 3. The minimum absolute atomic E-state index is 0.00612. The molecule has 1 aromatic heterocycles. The van der Waals surface area contributed by atoms with E-state index in [0.717, 1.165) is 18.6 Å². The molecule has 1 aliphatic rings. The maximum Gasteiger partial charge on any atom is 0.254 e. The number of likely N-dealkylation sites (tertiary alicyclic amines) is 1. The van der Waals surface area contributed by atoms with E-state index in [-0.39, 0.29) is 18.6 Å². The summed E-state index contributed by atoms with van der Waals surface area (Å²) >= 11 is 0. The van der Waals surface area contributed by atoms with Crippen LogP contribution in [0.15, 0.2) is 65.2 Å². The van der Waals surface area contributed by atoms with Crippen molar-refractivity contribution in [2.24, 2.45) is 0 Å². The summed E-state index contributed by atoms with van der Waals surface area (Å²) < 4.78 is 11.1. The monoisotopic (exact) mass is 349 g/mol. The van der Waals surface area contributed by atoms with Crippen molar-refractivity contribution >= 4 is 5.91 Å². The molecule has 26 heavy (non-hydrogen) atoms. The second-order valence-corrected chi connectivity index (χ2v) is 6.17. The number of carbonyl (C=O) groups is 1. The third kappa shape index (κ3) is 3.44. The zero-order valence-electron chi connectivity index (χ0n) is 14.2. The Balaban J connectivity index is 1.45. The third-order valence-corrected chi connectivity index (χ3v) is 4.41. The molecule has 1 amide bonds. The Morgan fingerprint density at radius 2 is 1.85 bits per heavy atom. The lowest BCUT2D eigenvalue weighted by atomic mass is 10.1. The van der Waals surface area contributed by atoms with Crippen molar-refractivity contribution < 1.29 is 14.1 Å². The largest absolute Gasteiger partial charge is 0.485 e. The van der Waals surface area contributed by atoms with E-state index >= 15 is 0 Å². The van der Waals surface area contributed by atoms with Crippen LogP contribution < -0.4 is 4.74 Å². The molecule has 0 bridgehead atoms. The Morgan fingerprint density at radius 3 is 2.62 bits per heavy atom. The molecule has 6 nitrogen and oxygen atoms in total. The van der Waals surface area contributed by atoms with E-state index < -0.39 is 0 Å². The van der Waals surface area contributed by atoms with Gasteiger partial charge in [0.2, 0.25) is 11.7 Å². The summed E-state index contributed by atoms with van der Waals surface area (Å²) in [4.78, 5) is 19.0. The molecule has 4 rings (SSSR count). The van der Waals surface area contributed by atoms with Crippen molar-refractivity contribution in [3.05, 3.63) is 77.9 Å². The van der Waals surface area contributed by atoms with Crippen LogP contribution in [0.4, 0.5) is 0 Å². The lowest BCUT2D eigenvalue weighted by Crippen LogP contribution is -2.30. The van der Waals surface area contributed by atoms with E-state index in [0.29, 0.717) is 23.8 Å². The zero-order chi connectivity index (χ0) is 17.8. The highest BCUT2D eigenvalue weighted by Crippen LogP contribution is 2.32. The van der Waals surface area contributed by atoms with Gasteiger partial charge in [0.05, 0.1) is 0 Å². The Kier molecular flexibility index (Phi) is 4.64. The molecular formula is C20H19N3O3. The molecule has 1 unspecified atom stereocenters. The fourth-order valence-corrected chi connectivity index (χ4v) is 3.14. The number of hydrogen-bond donors (Lipinski definition) is 0. The molecule has 0 aliphatic carbocycles. The van der Waals surface area contributed by atoms with Crippen LogP contribution in [0.3, 0.4) is 0 Å². The van der Waals surface area contributed by atoms with Gasteiger partial charge in [-0.1, -0.05) is 41.6 Å². The molecule has 132 valence electrons. The van der Waals surface area contributed by atoms with Crippen LogP contribution in [0.25, 0.3) is 0 Å². The predicted molar refractivity (Wildman–Crippen MR) is 94.5 cm³/mol. The number of rotatable bonds is 5. The first-order valence-electron chi connectivity index (χ1n) is 8.67. The first-order chi connectivity index (χ1) is 12.8. The summed E-state index contributed by atoms with van der Waals surface area (Å²) in [7, 11) is 0. The summed E-state index contributed by atoms with van der Waals surface area (Å²) in [6.07, 6.45) is 1.74. The van der Waals surface area contributed by atoms with E-state index in [1.165, 1.54) is 0 Å². The van der Waals surface area contributed by atoms with Crippen LogP contribution in [0.5, 0.6) is 5.75 Å². The van der Waals surface area contributed by atoms with Gasteiger partial charge in [-0.2, -0.15) is 4.98 Å². The van der Waals surface area contributed by atoms with Gasteiger partial charge >= 0.3 is 0 Å². The van der Waals surface area contributed by atoms with Gasteiger partial charge in [0.1, 0.15) is 11.8 Å². The molecule has 0 radical (unpaired) electrons. The molecule has 2 heterocycles. The van der Waals surface area contributed by atoms with Gasteiger partial charge in [-0.05, 0) is 37.1 Å². The first-order valence-corrected chi connectivity index (χ1v) is 8.67. The molecule has 6 heteroatoms. The molecule has 1 atom stereocenters. The summed E-state index contributed by atoms with van der Waals surface area (Å²) in [5.41, 5.74) is 0.673. The highest BCUT2D eigenvalue weighted by atomic mass is 16.5. The van der Waals surface area contributed by atoms with Gasteiger partial charge in [0, 0.05) is 12.1 Å². The summed E-state index contributed by atoms with van der Waals surface area (Å²) in [6.45, 7) is 0.920. The highest BCUT2D eigenvalue weighted by Gasteiger charge is 2.34. The van der Waals surface area contributed by atoms with Gasteiger partial charge in [-0.15, -0.1) is 0 Å². The van der Waals surface area contributed by atoms with Gasteiger partial charge in [-0.25, -0.2) is 0 Å². The van der Waals surface area contributed by atoms with Crippen molar-refractivity contribution in [1.82, 2.24) is 15.0 Å². The smallest absolute Gasteiger partial charge is 0.254 e. The minimum Gasteiger partial charge on any atom is -0.485 e. The maximum atomic E-state index is 12.8. The Labute approximate surface area is 151 Å². The van der Waals surface area contributed by atoms with E-state index in [4.69, 9.17) is 9.26 Å². The Bertz CT molecular complexity index is 864. The Hall–Kier alpha value is -3.15. The van der Waals surface area contributed by atoms with E-state index in [2.05, 4.69) is 10.1 Å². The van der Waals surface area contributed by atoms with Crippen molar-refractivity contribution in [3.63, 3.8) is 0 Å². The molecule has 1 aliphatic heterocycles. The fraction of sp³-hybridized carbons (Fsp3) is 0.250. The molecule has 2 aromatic carbocycles. The van der Waals surface area contributed by atoms with Crippen molar-refractivity contribution in [3.8, 4) is 5.75 Å². The zero-order valence-corrected chi connectivity index (χ0v) is 14.2. The predicted octanol–water partition coefficient (Wildman–Crippen LogP) is 3.63. The first kappa shape index (κ1) is 16.3. The molecule has 0 saturated carbocycles. The number of aromatic nitrogens is 2. The lowest BCUT2D eigenvalue weighted by Gasteiger charge is -2.21. The number of ether oxygens (including phenoxy) is 1. The van der Waals surface area contributed by atoms with E-state index in [1.807, 2.05) is 65.6 Å². The molecule has 1 saturated heterocycles. The maximum absolute atomic E-state index is 12.8. The molecule has 0 spiro atoms. The second kappa shape index (κ2) is 7.39. The molecule has 1 fully saturated rings. The second-order valence-electron chi connectivity index (χ2n) is 6.17. The standard InChI is InChI=1S/C20H19N3O3/c24-20(15-8-3-1-4-9-15)23-13-7-12-17(23)19-21-18(22-26-19)14-25-16-10-5-2-6-11-16/h1-6,8-11,17H,7,12-14H2. The van der Waals surface area contributed by atoms with Crippen LogP contribution in [-0.4, -0.2) is 27.5 Å². The molecule has 0 N–H and O–H groups in total. The summed E-state index contributed by atoms with van der Waals surface area (Å²) in [5.74, 6) is 1.69. The lowest BCUT2D eigenvalue weighted by molar-refractivity contribution is 0.0710. The van der Waals surface area contributed by atoms with Gasteiger partial charge in [0.25, 0.3) is 5.91 Å². The number of hydrogen-bond acceptors (Lipinski definition) is 5. The fourth-order valence-electron chi connectivity index (χ4n) is 3.14. The van der Waals surface area contributed by atoms with Crippen molar-refractivity contribution in [1.29, 1.82) is 0 Å². The van der Waals surface area contributed by atoms with Crippen LogP contribution in [-0.2, 0) is 6.61 Å². The number of para-hydroxylation sites is 1. The number of amides is 1. The third-order valence-electron chi connectivity index (χ3n) is 4.41. The number of carbonyl (C=O) groups excluding carboxylic acids is 1. The van der Waals surface area contributed by atoms with Gasteiger partial charge in [0.15, 0.2) is 6.61 Å². The Morgan fingerprint density at radius 1 is 1.12 bits per heavy atom. The average molecular weight is 349 g/mol. The average Bonchev–Trinajstić information content (AvgIpc) is 3.36. The molecular weight excluding hydrogens is 330 g/mol. The minimum atomic E-state index is -0.180. The van der Waals surface area contributed by atoms with Crippen molar-refractivity contribution in [2.75, 3.05) is 6.54 Å². The quantitative estimate of drug-likeness (QED) is 0.704. The van der Waals surface area contributed by atoms with Crippen LogP contribution >= 0.6 is 0 Å². The van der Waals surface area contributed by atoms with Crippen LogP contribution in [0.1, 0.15) is 41.0 Å². The summed E-state index contributed by atoms with van der Waals surface area (Å²) in [6, 6.07) is 18.6. The van der Waals surface area contributed by atoms with Crippen molar-refractivity contribution in [2.45, 2.75) is 25.5 Å². The van der Waals surface area contributed by atoms with Gasteiger partial charge < -0.3 is 14.2 Å². The van der Waals surface area contributed by atoms with E-state index in [1.54, 1.807) is 0 Å². The highest BCUT2D eigenvalue weighted by molar-refractivity contribution is 5.94. The SMILES string of the molecule is O=C(c1ccccc1)N1CCCC1c1nc(COc2ccccc2)no1. The van der Waals surface area contributed by atoms with Crippen LogP contribution in [0, 0.1) is 0 Å². The normalized spacial score (nSPS) is 16.6. The van der Waals surface area contributed by atoms with Gasteiger partial charge in [-0.3, -0.25) is 4.79 Å². The topological polar surface area (TPSA) is 68.5 Å².